The predicted octanol–water partition coefficient (Wildman–Crippen LogP) is -0.522. The Bertz CT molecular complexity index is 317. The highest BCUT2D eigenvalue weighted by molar-refractivity contribution is 7.99. The summed E-state index contributed by atoms with van der Waals surface area (Å²) in [6, 6.07) is 1.63. The molecule has 1 fully saturated rings. The Morgan fingerprint density at radius 1 is 1.40 bits per heavy atom. The van der Waals surface area contributed by atoms with Crippen molar-refractivity contribution in [2.75, 3.05) is 43.4 Å². The van der Waals surface area contributed by atoms with E-state index < -0.39 is 15.8 Å². The number of nitrogens with one attached hydrogen (secondary N) is 1. The zero-order chi connectivity index (χ0) is 11.1. The van der Waals surface area contributed by atoms with Gasteiger partial charge in [0.1, 0.15) is 0 Å². The van der Waals surface area contributed by atoms with Crippen LogP contribution in [-0.2, 0) is 10.0 Å². The number of hydrogen-bond acceptors (Lipinski definition) is 5. The van der Waals surface area contributed by atoms with Gasteiger partial charge in [-0.25, -0.2) is 13.1 Å². The molecule has 0 aliphatic carbocycles. The van der Waals surface area contributed by atoms with Gasteiger partial charge in [-0.05, 0) is 0 Å². The Labute approximate surface area is 94.9 Å². The Balaban J connectivity index is 2.18. The number of nitrogens with zero attached hydrogens (tertiary/aromatic N) is 2. The van der Waals surface area contributed by atoms with E-state index in [4.69, 9.17) is 5.26 Å². The molecule has 0 bridgehead atoms. The van der Waals surface area contributed by atoms with Gasteiger partial charge in [0.15, 0.2) is 5.75 Å². The lowest BCUT2D eigenvalue weighted by Crippen LogP contribution is -2.39. The number of thioether (sulfide) groups is 1. The van der Waals surface area contributed by atoms with Gasteiger partial charge in [0.2, 0.25) is 10.0 Å². The van der Waals surface area contributed by atoms with Gasteiger partial charge in [-0.2, -0.15) is 17.0 Å². The molecule has 0 unspecified atom stereocenters. The normalized spacial score (nSPS) is 18.6. The van der Waals surface area contributed by atoms with E-state index in [2.05, 4.69) is 9.62 Å². The van der Waals surface area contributed by atoms with E-state index in [0.29, 0.717) is 6.54 Å². The van der Waals surface area contributed by atoms with Crippen LogP contribution in [0.25, 0.3) is 0 Å². The van der Waals surface area contributed by atoms with Gasteiger partial charge in [0, 0.05) is 37.7 Å². The van der Waals surface area contributed by atoms with Gasteiger partial charge >= 0.3 is 0 Å². The monoisotopic (exact) mass is 249 g/mol. The zero-order valence-corrected chi connectivity index (χ0v) is 10.1. The summed E-state index contributed by atoms with van der Waals surface area (Å²) in [6.45, 7) is 3.16. The van der Waals surface area contributed by atoms with Crippen molar-refractivity contribution < 1.29 is 8.42 Å². The molecule has 0 saturated carbocycles. The molecule has 86 valence electrons. The second-order valence-electron chi connectivity index (χ2n) is 3.27. The first kappa shape index (κ1) is 12.8. The van der Waals surface area contributed by atoms with E-state index in [-0.39, 0.29) is 0 Å². The summed E-state index contributed by atoms with van der Waals surface area (Å²) in [5.41, 5.74) is 0. The van der Waals surface area contributed by atoms with Gasteiger partial charge in [0.25, 0.3) is 0 Å². The minimum Gasteiger partial charge on any atom is -0.300 e. The predicted molar refractivity (Wildman–Crippen MR) is 61.2 cm³/mol. The number of hydrogen-bond donors (Lipinski definition) is 1. The topological polar surface area (TPSA) is 73.2 Å². The summed E-state index contributed by atoms with van der Waals surface area (Å²) in [7, 11) is -3.38. The van der Waals surface area contributed by atoms with Gasteiger partial charge in [-0.3, -0.25) is 0 Å². The lowest BCUT2D eigenvalue weighted by Gasteiger charge is -2.25. The van der Waals surface area contributed by atoms with Crippen LogP contribution in [0, 0.1) is 11.3 Å². The molecule has 1 aliphatic heterocycles. The molecule has 1 saturated heterocycles. The third-order valence-corrected chi connectivity index (χ3v) is 4.20. The van der Waals surface area contributed by atoms with Crippen LogP contribution in [0.15, 0.2) is 0 Å². The molecule has 5 nitrogen and oxygen atoms in total. The molecule has 1 N–H and O–H groups in total. The first-order valence-corrected chi connectivity index (χ1v) is 7.59. The van der Waals surface area contributed by atoms with Crippen LogP contribution >= 0.6 is 11.8 Å². The lowest BCUT2D eigenvalue weighted by atomic mass is 10.5. The molecule has 0 spiro atoms. The quantitative estimate of drug-likeness (QED) is 0.709. The first-order valence-electron chi connectivity index (χ1n) is 4.78. The van der Waals surface area contributed by atoms with Crippen LogP contribution in [-0.4, -0.2) is 56.8 Å². The van der Waals surface area contributed by atoms with Crippen molar-refractivity contribution in [1.82, 2.24) is 9.62 Å². The molecular weight excluding hydrogens is 234 g/mol. The smallest absolute Gasteiger partial charge is 0.225 e. The maximum absolute atomic E-state index is 11.1. The SMILES string of the molecule is N#CCS(=O)(=O)NCCN1CCSCC1. The van der Waals surface area contributed by atoms with Gasteiger partial charge in [-0.1, -0.05) is 0 Å². The molecule has 1 heterocycles. The highest BCUT2D eigenvalue weighted by Gasteiger charge is 2.12. The minimum atomic E-state index is -3.38. The maximum atomic E-state index is 11.1. The number of sulfonamides is 1. The van der Waals surface area contributed by atoms with E-state index in [1.165, 1.54) is 0 Å². The highest BCUT2D eigenvalue weighted by atomic mass is 32.2. The summed E-state index contributed by atoms with van der Waals surface area (Å²) in [4.78, 5) is 2.23. The molecule has 0 aromatic heterocycles. The Morgan fingerprint density at radius 3 is 2.67 bits per heavy atom. The van der Waals surface area contributed by atoms with Crippen LogP contribution in [0.3, 0.4) is 0 Å². The summed E-state index contributed by atoms with van der Waals surface area (Å²) in [6.07, 6.45) is 0. The van der Waals surface area contributed by atoms with Crippen molar-refractivity contribution in [1.29, 1.82) is 5.26 Å². The zero-order valence-electron chi connectivity index (χ0n) is 8.48. The average Bonchev–Trinajstić information content (AvgIpc) is 2.19. The molecule has 0 atom stereocenters. The largest absolute Gasteiger partial charge is 0.300 e. The Kier molecular flexibility index (Phi) is 5.39. The fourth-order valence-electron chi connectivity index (χ4n) is 1.32. The van der Waals surface area contributed by atoms with E-state index in [1.54, 1.807) is 6.07 Å². The van der Waals surface area contributed by atoms with Gasteiger partial charge in [-0.15, -0.1) is 0 Å². The molecule has 0 aromatic carbocycles. The third kappa shape index (κ3) is 5.37. The Hall–Kier alpha value is -0.290. The molecule has 15 heavy (non-hydrogen) atoms. The third-order valence-electron chi connectivity index (χ3n) is 2.11. The van der Waals surface area contributed by atoms with Crippen molar-refractivity contribution in [3.8, 4) is 6.07 Å². The Morgan fingerprint density at radius 2 is 2.07 bits per heavy atom. The van der Waals surface area contributed by atoms with E-state index >= 15 is 0 Å². The molecule has 7 heteroatoms. The molecule has 1 aliphatic rings. The average molecular weight is 249 g/mol. The molecule has 0 aromatic rings. The summed E-state index contributed by atoms with van der Waals surface area (Å²) >= 11 is 1.92. The number of nitriles is 1. The van der Waals surface area contributed by atoms with Crippen LogP contribution in [0.1, 0.15) is 0 Å². The maximum Gasteiger partial charge on any atom is 0.225 e. The fraction of sp³-hybridized carbons (Fsp3) is 0.875. The fourth-order valence-corrected chi connectivity index (χ4v) is 2.97. The molecule has 0 amide bonds. The van der Waals surface area contributed by atoms with Crippen molar-refractivity contribution >= 4 is 21.8 Å². The van der Waals surface area contributed by atoms with E-state index in [0.717, 1.165) is 31.1 Å². The van der Waals surface area contributed by atoms with Crippen LogP contribution in [0.2, 0.25) is 0 Å². The van der Waals surface area contributed by atoms with Crippen molar-refractivity contribution in [3.05, 3.63) is 0 Å². The summed E-state index contributed by atoms with van der Waals surface area (Å²) in [5, 5.41) is 8.27. The van der Waals surface area contributed by atoms with Crippen molar-refractivity contribution in [2.45, 2.75) is 0 Å². The van der Waals surface area contributed by atoms with Crippen molar-refractivity contribution in [3.63, 3.8) is 0 Å². The molecular formula is C8H15N3O2S2. The second-order valence-corrected chi connectivity index (χ2v) is 6.30. The number of rotatable bonds is 5. The summed E-state index contributed by atoms with van der Waals surface area (Å²) in [5.74, 6) is 1.78. The summed E-state index contributed by atoms with van der Waals surface area (Å²) < 4.78 is 24.6. The molecule has 0 radical (unpaired) electrons. The van der Waals surface area contributed by atoms with Gasteiger partial charge < -0.3 is 4.90 Å². The van der Waals surface area contributed by atoms with Crippen molar-refractivity contribution in [2.24, 2.45) is 0 Å². The van der Waals surface area contributed by atoms with Crippen LogP contribution in [0.5, 0.6) is 0 Å². The standard InChI is InChI=1S/C8H15N3O2S2/c9-1-8-15(12,13)10-2-3-11-4-6-14-7-5-11/h10H,2-8H2. The van der Waals surface area contributed by atoms with Crippen LogP contribution < -0.4 is 4.72 Å². The first-order chi connectivity index (χ1) is 7.14. The minimum absolute atomic E-state index is 0.397. The van der Waals surface area contributed by atoms with Gasteiger partial charge in [0.05, 0.1) is 6.07 Å². The second kappa shape index (κ2) is 6.33. The van der Waals surface area contributed by atoms with E-state index in [9.17, 15) is 8.42 Å². The van der Waals surface area contributed by atoms with Crippen LogP contribution in [0.4, 0.5) is 0 Å². The molecule has 1 rings (SSSR count). The van der Waals surface area contributed by atoms with E-state index in [1.807, 2.05) is 11.8 Å². The lowest BCUT2D eigenvalue weighted by molar-refractivity contribution is 0.307. The highest BCUT2D eigenvalue weighted by Crippen LogP contribution is 2.07.